The molecule has 6 heteroatoms. The Morgan fingerprint density at radius 1 is 1.17 bits per heavy atom. The van der Waals surface area contributed by atoms with Crippen LogP contribution in [0.1, 0.15) is 32.3 Å². The smallest absolute Gasteiger partial charge is 0.129 e. The lowest BCUT2D eigenvalue weighted by molar-refractivity contribution is 0.138. The number of nitriles is 1. The van der Waals surface area contributed by atoms with Gasteiger partial charge < -0.3 is 4.74 Å². The van der Waals surface area contributed by atoms with Crippen LogP contribution < -0.4 is 4.74 Å². The molecule has 1 aliphatic heterocycles. The monoisotopic (exact) mass is 419 g/mol. The summed E-state index contributed by atoms with van der Waals surface area (Å²) in [5.74, 6) is 0.807. The summed E-state index contributed by atoms with van der Waals surface area (Å²) in [4.78, 5) is 4.28. The first-order valence-corrected chi connectivity index (χ1v) is 11.4. The molecule has 0 aliphatic carbocycles. The molecule has 1 aliphatic rings. The van der Waals surface area contributed by atoms with Gasteiger partial charge in [-0.05, 0) is 73.5 Å². The number of nitrogens with zero attached hydrogens (tertiary/aromatic N) is 3. The highest BCUT2D eigenvalue weighted by Crippen LogP contribution is 2.34. The maximum atomic E-state index is 12.4. The quantitative estimate of drug-likeness (QED) is 0.602. The molecular weight excluding hydrogens is 394 g/mol. The zero-order valence-electron chi connectivity index (χ0n) is 17.2. The van der Waals surface area contributed by atoms with Crippen molar-refractivity contribution < 1.29 is 8.95 Å². The highest BCUT2D eigenvalue weighted by atomic mass is 32.2. The Morgan fingerprint density at radius 2 is 1.97 bits per heavy atom. The van der Waals surface area contributed by atoms with Crippen molar-refractivity contribution in [1.29, 1.82) is 5.26 Å². The highest BCUT2D eigenvalue weighted by Gasteiger charge is 2.25. The maximum Gasteiger partial charge on any atom is 0.129 e. The van der Waals surface area contributed by atoms with E-state index in [1.807, 2.05) is 54.7 Å². The molecule has 0 saturated carbocycles. The normalized spacial score (nSPS) is 16.5. The summed E-state index contributed by atoms with van der Waals surface area (Å²) in [5.41, 5.74) is 2.63. The predicted octanol–water partition coefficient (Wildman–Crippen LogP) is 4.69. The Bertz CT molecular complexity index is 1110. The molecule has 0 bridgehead atoms. The summed E-state index contributed by atoms with van der Waals surface area (Å²) in [6.45, 7) is 5.53. The molecule has 2 heterocycles. The Balaban J connectivity index is 1.61. The first-order valence-electron chi connectivity index (χ1n) is 10.3. The van der Waals surface area contributed by atoms with E-state index in [1.54, 1.807) is 12.3 Å². The summed E-state index contributed by atoms with van der Waals surface area (Å²) in [7, 11) is -0.932. The van der Waals surface area contributed by atoms with Gasteiger partial charge in [0, 0.05) is 36.1 Å². The zero-order valence-corrected chi connectivity index (χ0v) is 18.1. The van der Waals surface area contributed by atoms with E-state index in [0.29, 0.717) is 5.56 Å². The molecule has 0 amide bonds. The van der Waals surface area contributed by atoms with E-state index < -0.39 is 11.0 Å². The SMILES string of the molecule is CC(C)S(=O)N1CCC(Oc2cc(-c3cccc(C#N)c3)cc3ccncc23)CC1. The molecular formula is C24H25N3O2S. The van der Waals surface area contributed by atoms with Crippen LogP contribution in [-0.4, -0.2) is 37.9 Å². The van der Waals surface area contributed by atoms with Crippen molar-refractivity contribution in [2.75, 3.05) is 13.1 Å². The highest BCUT2D eigenvalue weighted by molar-refractivity contribution is 7.83. The van der Waals surface area contributed by atoms with Crippen LogP contribution in [0.25, 0.3) is 21.9 Å². The second kappa shape index (κ2) is 8.95. The number of fused-ring (bicyclic) bond motifs is 1. The Morgan fingerprint density at radius 3 is 2.70 bits per heavy atom. The molecule has 1 aromatic heterocycles. The molecule has 0 radical (unpaired) electrons. The van der Waals surface area contributed by atoms with E-state index in [-0.39, 0.29) is 11.4 Å². The molecule has 1 saturated heterocycles. The van der Waals surface area contributed by atoms with Crippen LogP contribution in [-0.2, 0) is 11.0 Å². The van der Waals surface area contributed by atoms with Crippen molar-refractivity contribution in [3.8, 4) is 22.9 Å². The molecule has 1 unspecified atom stereocenters. The van der Waals surface area contributed by atoms with Crippen LogP contribution >= 0.6 is 0 Å². The fourth-order valence-electron chi connectivity index (χ4n) is 3.81. The second-order valence-electron chi connectivity index (χ2n) is 7.83. The molecule has 30 heavy (non-hydrogen) atoms. The first kappa shape index (κ1) is 20.5. The lowest BCUT2D eigenvalue weighted by Crippen LogP contribution is -2.41. The fourth-order valence-corrected chi connectivity index (χ4v) is 4.97. The van der Waals surface area contributed by atoms with Gasteiger partial charge in [-0.15, -0.1) is 0 Å². The van der Waals surface area contributed by atoms with Crippen LogP contribution in [0, 0.1) is 11.3 Å². The molecule has 1 atom stereocenters. The van der Waals surface area contributed by atoms with E-state index in [1.165, 1.54) is 0 Å². The second-order valence-corrected chi connectivity index (χ2v) is 9.85. The number of aromatic nitrogens is 1. The van der Waals surface area contributed by atoms with Crippen molar-refractivity contribution in [3.05, 3.63) is 60.4 Å². The third-order valence-corrected chi connectivity index (χ3v) is 7.08. The van der Waals surface area contributed by atoms with E-state index in [0.717, 1.165) is 53.6 Å². The van der Waals surface area contributed by atoms with Crippen LogP contribution in [0.2, 0.25) is 0 Å². The molecule has 5 nitrogen and oxygen atoms in total. The lowest BCUT2D eigenvalue weighted by Gasteiger charge is -2.32. The zero-order chi connectivity index (χ0) is 21.1. The molecule has 0 spiro atoms. The summed E-state index contributed by atoms with van der Waals surface area (Å²) in [6.07, 6.45) is 5.38. The standard InChI is InChI=1S/C24H25N3O2S/c1-17(2)30(28)27-10-7-22(8-11-27)29-24-14-21(13-20-6-9-26-16-23(20)24)19-5-3-4-18(12-19)15-25/h3-6,9,12-14,16-17,22H,7-8,10-11H2,1-2H3. The van der Waals surface area contributed by atoms with Gasteiger partial charge in [-0.2, -0.15) is 5.26 Å². The number of hydrogen-bond acceptors (Lipinski definition) is 4. The van der Waals surface area contributed by atoms with Gasteiger partial charge in [-0.25, -0.2) is 8.51 Å². The number of piperidine rings is 1. The van der Waals surface area contributed by atoms with E-state index in [2.05, 4.69) is 17.1 Å². The molecule has 0 N–H and O–H groups in total. The maximum absolute atomic E-state index is 12.4. The first-order chi connectivity index (χ1) is 14.5. The summed E-state index contributed by atoms with van der Waals surface area (Å²) < 4.78 is 20.9. The van der Waals surface area contributed by atoms with Gasteiger partial charge in [0.1, 0.15) is 11.9 Å². The van der Waals surface area contributed by atoms with Gasteiger partial charge in [0.2, 0.25) is 0 Å². The van der Waals surface area contributed by atoms with Crippen LogP contribution in [0.3, 0.4) is 0 Å². The number of rotatable bonds is 5. The topological polar surface area (TPSA) is 66.2 Å². The van der Waals surface area contributed by atoms with Gasteiger partial charge in [0.05, 0.1) is 22.6 Å². The average molecular weight is 420 g/mol. The summed E-state index contributed by atoms with van der Waals surface area (Å²) in [5, 5.41) is 11.4. The van der Waals surface area contributed by atoms with Crippen LogP contribution in [0.4, 0.5) is 0 Å². The van der Waals surface area contributed by atoms with Crippen LogP contribution in [0.15, 0.2) is 54.9 Å². The van der Waals surface area contributed by atoms with Crippen molar-refractivity contribution >= 4 is 21.8 Å². The summed E-state index contributed by atoms with van der Waals surface area (Å²) in [6, 6.07) is 15.9. The van der Waals surface area contributed by atoms with Gasteiger partial charge in [-0.1, -0.05) is 12.1 Å². The largest absolute Gasteiger partial charge is 0.490 e. The third-order valence-electron chi connectivity index (χ3n) is 5.40. The Kier molecular flexibility index (Phi) is 6.12. The van der Waals surface area contributed by atoms with Crippen molar-refractivity contribution in [2.24, 2.45) is 0 Å². The number of ether oxygens (including phenoxy) is 1. The van der Waals surface area contributed by atoms with Crippen molar-refractivity contribution in [2.45, 2.75) is 38.0 Å². The van der Waals surface area contributed by atoms with Crippen LogP contribution in [0.5, 0.6) is 5.75 Å². The Labute approximate surface area is 179 Å². The molecule has 3 aromatic rings. The van der Waals surface area contributed by atoms with Crippen molar-refractivity contribution in [1.82, 2.24) is 9.29 Å². The van der Waals surface area contributed by atoms with E-state index in [9.17, 15) is 9.47 Å². The van der Waals surface area contributed by atoms with Gasteiger partial charge in [-0.3, -0.25) is 4.98 Å². The minimum Gasteiger partial charge on any atom is -0.490 e. The number of hydrogen-bond donors (Lipinski definition) is 0. The predicted molar refractivity (Wildman–Crippen MR) is 120 cm³/mol. The van der Waals surface area contributed by atoms with Gasteiger partial charge in [0.25, 0.3) is 0 Å². The minimum atomic E-state index is -0.932. The van der Waals surface area contributed by atoms with Crippen molar-refractivity contribution in [3.63, 3.8) is 0 Å². The molecule has 2 aromatic carbocycles. The van der Waals surface area contributed by atoms with Gasteiger partial charge in [0.15, 0.2) is 0 Å². The van der Waals surface area contributed by atoms with E-state index in [4.69, 9.17) is 4.74 Å². The minimum absolute atomic E-state index is 0.0783. The fraction of sp³-hybridized carbons (Fsp3) is 0.333. The third kappa shape index (κ3) is 4.38. The van der Waals surface area contributed by atoms with E-state index >= 15 is 0 Å². The summed E-state index contributed by atoms with van der Waals surface area (Å²) >= 11 is 0. The van der Waals surface area contributed by atoms with Gasteiger partial charge >= 0.3 is 0 Å². The Hall–Kier alpha value is -2.75. The average Bonchev–Trinajstić information content (AvgIpc) is 2.79. The lowest BCUT2D eigenvalue weighted by atomic mass is 10.00. The molecule has 154 valence electrons. The molecule has 1 fully saturated rings. The number of benzene rings is 2. The molecule has 4 rings (SSSR count). The number of pyridine rings is 1.